The highest BCUT2D eigenvalue weighted by Gasteiger charge is 2.21. The highest BCUT2D eigenvalue weighted by atomic mass is 19.1. The van der Waals surface area contributed by atoms with Gasteiger partial charge < -0.3 is 14.6 Å². The SMILES string of the molecule is COc1ccc([C@@H](C)NC(=O)c2cc(-c3ccc(F)cc3)nc3onc(C)c23)cc1. The highest BCUT2D eigenvalue weighted by Crippen LogP contribution is 2.28. The summed E-state index contributed by atoms with van der Waals surface area (Å²) in [7, 11) is 1.61. The topological polar surface area (TPSA) is 77.2 Å². The molecule has 0 aliphatic rings. The van der Waals surface area contributed by atoms with E-state index in [1.165, 1.54) is 12.1 Å². The second-order valence-electron chi connectivity index (χ2n) is 6.98. The predicted molar refractivity (Wildman–Crippen MR) is 111 cm³/mol. The Labute approximate surface area is 172 Å². The van der Waals surface area contributed by atoms with Crippen LogP contribution in [0.4, 0.5) is 4.39 Å². The van der Waals surface area contributed by atoms with Crippen molar-refractivity contribution in [3.63, 3.8) is 0 Å². The molecule has 6 nitrogen and oxygen atoms in total. The van der Waals surface area contributed by atoms with E-state index in [1.807, 2.05) is 31.2 Å². The number of methoxy groups -OCH3 is 1. The lowest BCUT2D eigenvalue weighted by Crippen LogP contribution is -2.27. The molecule has 0 saturated heterocycles. The number of carbonyl (C=O) groups is 1. The lowest BCUT2D eigenvalue weighted by molar-refractivity contribution is 0.0941. The first-order valence-corrected chi connectivity index (χ1v) is 9.44. The van der Waals surface area contributed by atoms with Gasteiger partial charge in [-0.25, -0.2) is 9.37 Å². The van der Waals surface area contributed by atoms with Gasteiger partial charge in [0.15, 0.2) is 0 Å². The molecule has 1 amide bonds. The second kappa shape index (κ2) is 7.94. The summed E-state index contributed by atoms with van der Waals surface area (Å²) in [6, 6.07) is 14.8. The van der Waals surface area contributed by atoms with E-state index in [9.17, 15) is 9.18 Å². The molecule has 2 aromatic carbocycles. The van der Waals surface area contributed by atoms with Crippen LogP contribution >= 0.6 is 0 Å². The van der Waals surface area contributed by atoms with Crippen molar-refractivity contribution in [1.29, 1.82) is 0 Å². The monoisotopic (exact) mass is 405 g/mol. The molecule has 0 unspecified atom stereocenters. The Hall–Kier alpha value is -3.74. The number of fused-ring (bicyclic) bond motifs is 1. The highest BCUT2D eigenvalue weighted by molar-refractivity contribution is 6.07. The summed E-state index contributed by atoms with van der Waals surface area (Å²) in [6.45, 7) is 3.66. The quantitative estimate of drug-likeness (QED) is 0.514. The molecule has 0 aliphatic carbocycles. The van der Waals surface area contributed by atoms with Gasteiger partial charge in [0, 0.05) is 5.56 Å². The number of halogens is 1. The van der Waals surface area contributed by atoms with Gasteiger partial charge in [-0.3, -0.25) is 4.79 Å². The number of carbonyl (C=O) groups excluding carboxylic acids is 1. The van der Waals surface area contributed by atoms with E-state index in [0.29, 0.717) is 27.9 Å². The first-order chi connectivity index (χ1) is 14.5. The largest absolute Gasteiger partial charge is 0.497 e. The normalized spacial score (nSPS) is 12.0. The van der Waals surface area contributed by atoms with Gasteiger partial charge in [-0.05, 0) is 61.9 Å². The van der Waals surface area contributed by atoms with Gasteiger partial charge >= 0.3 is 0 Å². The Morgan fingerprint density at radius 1 is 1.13 bits per heavy atom. The number of benzene rings is 2. The summed E-state index contributed by atoms with van der Waals surface area (Å²) in [5.41, 5.74) is 3.35. The van der Waals surface area contributed by atoms with Crippen molar-refractivity contribution in [3.05, 3.63) is 77.2 Å². The third-order valence-electron chi connectivity index (χ3n) is 4.97. The minimum Gasteiger partial charge on any atom is -0.497 e. The number of hydrogen-bond donors (Lipinski definition) is 1. The standard InChI is InChI=1S/C23H20FN3O3/c1-13(15-6-10-18(29-3)11-7-15)25-22(28)19-12-20(16-4-8-17(24)9-5-16)26-23-21(19)14(2)27-30-23/h4-13H,1-3H3,(H,25,28)/t13-/m1/s1. The van der Waals surface area contributed by atoms with Crippen LogP contribution in [0.15, 0.2) is 59.1 Å². The number of nitrogens with one attached hydrogen (secondary N) is 1. The molecule has 0 spiro atoms. The number of aryl methyl sites for hydroxylation is 1. The van der Waals surface area contributed by atoms with Gasteiger partial charge in [-0.2, -0.15) is 0 Å². The predicted octanol–water partition coefficient (Wildman–Crippen LogP) is 4.84. The summed E-state index contributed by atoms with van der Waals surface area (Å²) in [5.74, 6) is 0.124. The molecule has 0 aliphatic heterocycles. The molecule has 4 aromatic rings. The van der Waals surface area contributed by atoms with E-state index in [1.54, 1.807) is 32.2 Å². The molecule has 0 radical (unpaired) electrons. The molecule has 7 heteroatoms. The fourth-order valence-electron chi connectivity index (χ4n) is 3.29. The number of pyridine rings is 1. The van der Waals surface area contributed by atoms with E-state index >= 15 is 0 Å². The van der Waals surface area contributed by atoms with Crippen LogP contribution < -0.4 is 10.1 Å². The lowest BCUT2D eigenvalue weighted by atomic mass is 10.0. The number of ether oxygens (including phenoxy) is 1. The van der Waals surface area contributed by atoms with Crippen molar-refractivity contribution in [3.8, 4) is 17.0 Å². The van der Waals surface area contributed by atoms with Crippen LogP contribution in [-0.2, 0) is 0 Å². The van der Waals surface area contributed by atoms with Gasteiger partial charge in [0.2, 0.25) is 0 Å². The van der Waals surface area contributed by atoms with Crippen LogP contribution in [-0.4, -0.2) is 23.2 Å². The maximum Gasteiger partial charge on any atom is 0.259 e. The molecule has 4 rings (SSSR count). The molecular formula is C23H20FN3O3. The van der Waals surface area contributed by atoms with E-state index < -0.39 is 0 Å². The number of amides is 1. The summed E-state index contributed by atoms with van der Waals surface area (Å²) in [4.78, 5) is 17.6. The third-order valence-corrected chi connectivity index (χ3v) is 4.97. The van der Waals surface area contributed by atoms with Gasteiger partial charge in [-0.1, -0.05) is 17.3 Å². The Kier molecular flexibility index (Phi) is 5.18. The number of nitrogens with zero attached hydrogens (tertiary/aromatic N) is 2. The molecule has 2 aromatic heterocycles. The maximum atomic E-state index is 13.3. The molecule has 30 heavy (non-hydrogen) atoms. The van der Waals surface area contributed by atoms with Crippen LogP contribution in [0.25, 0.3) is 22.4 Å². The van der Waals surface area contributed by atoms with E-state index in [-0.39, 0.29) is 23.5 Å². The molecule has 0 saturated carbocycles. The van der Waals surface area contributed by atoms with Crippen LogP contribution in [0.1, 0.15) is 34.6 Å². The average Bonchev–Trinajstić information content (AvgIpc) is 3.14. The molecule has 0 bridgehead atoms. The molecule has 152 valence electrons. The molecule has 2 heterocycles. The zero-order chi connectivity index (χ0) is 21.3. The molecular weight excluding hydrogens is 385 g/mol. The molecule has 0 fully saturated rings. The lowest BCUT2D eigenvalue weighted by Gasteiger charge is -2.15. The van der Waals surface area contributed by atoms with Crippen LogP contribution in [0.3, 0.4) is 0 Å². The zero-order valence-corrected chi connectivity index (χ0v) is 16.8. The maximum absolute atomic E-state index is 13.3. The van der Waals surface area contributed by atoms with Crippen LogP contribution in [0.5, 0.6) is 5.75 Å². The van der Waals surface area contributed by atoms with Gasteiger partial charge in [0.1, 0.15) is 11.6 Å². The fourth-order valence-corrected chi connectivity index (χ4v) is 3.29. The Morgan fingerprint density at radius 2 is 1.83 bits per heavy atom. The minimum absolute atomic E-state index is 0.235. The number of aromatic nitrogens is 2. The van der Waals surface area contributed by atoms with E-state index in [4.69, 9.17) is 9.26 Å². The van der Waals surface area contributed by atoms with Crippen molar-refractivity contribution < 1.29 is 18.4 Å². The van der Waals surface area contributed by atoms with Crippen LogP contribution in [0.2, 0.25) is 0 Å². The average molecular weight is 405 g/mol. The summed E-state index contributed by atoms with van der Waals surface area (Å²) >= 11 is 0. The minimum atomic E-state index is -0.346. The van der Waals surface area contributed by atoms with Crippen molar-refractivity contribution in [1.82, 2.24) is 15.5 Å². The summed E-state index contributed by atoms with van der Waals surface area (Å²) in [6.07, 6.45) is 0. The summed E-state index contributed by atoms with van der Waals surface area (Å²) in [5, 5.41) is 7.52. The second-order valence-corrected chi connectivity index (χ2v) is 6.98. The summed E-state index contributed by atoms with van der Waals surface area (Å²) < 4.78 is 23.8. The Morgan fingerprint density at radius 3 is 2.50 bits per heavy atom. The smallest absolute Gasteiger partial charge is 0.259 e. The number of rotatable bonds is 5. The zero-order valence-electron chi connectivity index (χ0n) is 16.8. The van der Waals surface area contributed by atoms with Gasteiger partial charge in [0.05, 0.1) is 35.5 Å². The van der Waals surface area contributed by atoms with Crippen LogP contribution in [0, 0.1) is 12.7 Å². The van der Waals surface area contributed by atoms with Crippen molar-refractivity contribution >= 4 is 17.0 Å². The first kappa shape index (κ1) is 19.6. The third kappa shape index (κ3) is 3.74. The van der Waals surface area contributed by atoms with Crippen molar-refractivity contribution in [2.45, 2.75) is 19.9 Å². The Balaban J connectivity index is 1.69. The van der Waals surface area contributed by atoms with Crippen molar-refractivity contribution in [2.75, 3.05) is 7.11 Å². The number of hydrogen-bond acceptors (Lipinski definition) is 5. The Bertz CT molecular complexity index is 1200. The molecule has 1 N–H and O–H groups in total. The fraction of sp³-hybridized carbons (Fsp3) is 0.174. The first-order valence-electron chi connectivity index (χ1n) is 9.44. The molecule has 1 atom stereocenters. The van der Waals surface area contributed by atoms with Crippen molar-refractivity contribution in [2.24, 2.45) is 0 Å². The van der Waals surface area contributed by atoms with Gasteiger partial charge in [0.25, 0.3) is 11.6 Å². The van der Waals surface area contributed by atoms with E-state index in [0.717, 1.165) is 11.3 Å². The van der Waals surface area contributed by atoms with E-state index in [2.05, 4.69) is 15.5 Å². The van der Waals surface area contributed by atoms with Gasteiger partial charge in [-0.15, -0.1) is 0 Å².